The third-order valence-corrected chi connectivity index (χ3v) is 4.88. The molecular formula is C22H19NO4S. The minimum atomic E-state index is -0.164. The molecule has 0 saturated heterocycles. The standard InChI is InChI=1S/C22H19NO4S/c1-26-19-12-6-15(14-20(19)27-2)5-11-18(24)16-7-9-17(10-8-16)23-22(25)21-4-3-13-28-21/h3-14H,1-2H3,(H,23,25)/b11-5+. The third kappa shape index (κ3) is 4.66. The summed E-state index contributed by atoms with van der Waals surface area (Å²) in [7, 11) is 3.14. The first-order chi connectivity index (χ1) is 13.6. The molecule has 0 unspecified atom stereocenters. The normalized spacial score (nSPS) is 10.6. The minimum Gasteiger partial charge on any atom is -0.493 e. The molecule has 0 radical (unpaired) electrons. The van der Waals surface area contributed by atoms with E-state index >= 15 is 0 Å². The van der Waals surface area contributed by atoms with E-state index in [1.165, 1.54) is 17.4 Å². The lowest BCUT2D eigenvalue weighted by Crippen LogP contribution is -2.10. The van der Waals surface area contributed by atoms with E-state index in [0.29, 0.717) is 27.6 Å². The van der Waals surface area contributed by atoms with Crippen LogP contribution in [-0.2, 0) is 0 Å². The molecule has 0 aliphatic carbocycles. The molecule has 142 valence electrons. The number of hydrogen-bond acceptors (Lipinski definition) is 5. The average molecular weight is 393 g/mol. The summed E-state index contributed by atoms with van der Waals surface area (Å²) in [4.78, 5) is 25.1. The van der Waals surface area contributed by atoms with Crippen LogP contribution in [0, 0.1) is 0 Å². The van der Waals surface area contributed by atoms with Crippen LogP contribution in [-0.4, -0.2) is 25.9 Å². The molecule has 0 atom stereocenters. The smallest absolute Gasteiger partial charge is 0.265 e. The van der Waals surface area contributed by atoms with Gasteiger partial charge in [-0.3, -0.25) is 9.59 Å². The van der Waals surface area contributed by atoms with Gasteiger partial charge in [0, 0.05) is 11.3 Å². The lowest BCUT2D eigenvalue weighted by atomic mass is 10.1. The number of rotatable bonds is 7. The Bertz CT molecular complexity index is 992. The predicted molar refractivity (Wildman–Crippen MR) is 112 cm³/mol. The molecule has 0 saturated carbocycles. The van der Waals surface area contributed by atoms with Crippen LogP contribution in [0.1, 0.15) is 25.6 Å². The Morgan fingerprint density at radius 1 is 0.964 bits per heavy atom. The summed E-state index contributed by atoms with van der Waals surface area (Å²) in [6.07, 6.45) is 3.22. The summed E-state index contributed by atoms with van der Waals surface area (Å²) in [5.74, 6) is 0.933. The molecule has 1 aromatic heterocycles. The molecule has 3 aromatic rings. The fraction of sp³-hybridized carbons (Fsp3) is 0.0909. The Kier molecular flexibility index (Phi) is 6.24. The summed E-state index contributed by atoms with van der Waals surface area (Å²) in [6, 6.07) is 15.8. The van der Waals surface area contributed by atoms with Gasteiger partial charge in [0.2, 0.25) is 0 Å². The Morgan fingerprint density at radius 2 is 1.71 bits per heavy atom. The highest BCUT2D eigenvalue weighted by molar-refractivity contribution is 7.12. The maximum Gasteiger partial charge on any atom is 0.265 e. The number of ether oxygens (including phenoxy) is 2. The number of hydrogen-bond donors (Lipinski definition) is 1. The molecule has 3 rings (SSSR count). The minimum absolute atomic E-state index is 0.133. The van der Waals surface area contributed by atoms with E-state index in [9.17, 15) is 9.59 Å². The number of carbonyl (C=O) groups excluding carboxylic acids is 2. The second kappa shape index (κ2) is 9.01. The second-order valence-corrected chi connectivity index (χ2v) is 6.77. The van der Waals surface area contributed by atoms with Crippen molar-refractivity contribution in [1.82, 2.24) is 0 Å². The van der Waals surface area contributed by atoms with E-state index in [1.54, 1.807) is 62.8 Å². The summed E-state index contributed by atoms with van der Waals surface area (Å²) >= 11 is 1.38. The van der Waals surface area contributed by atoms with Gasteiger partial charge < -0.3 is 14.8 Å². The lowest BCUT2D eigenvalue weighted by Gasteiger charge is -2.07. The Labute approximate surface area is 167 Å². The quantitative estimate of drug-likeness (QED) is 0.457. The molecule has 0 aliphatic rings. The number of ketones is 1. The summed E-state index contributed by atoms with van der Waals surface area (Å²) in [6.45, 7) is 0. The average Bonchev–Trinajstić information content (AvgIpc) is 3.27. The van der Waals surface area contributed by atoms with Gasteiger partial charge in [0.1, 0.15) is 0 Å². The van der Waals surface area contributed by atoms with Crippen LogP contribution in [0.2, 0.25) is 0 Å². The maximum absolute atomic E-state index is 12.4. The number of carbonyl (C=O) groups is 2. The van der Waals surface area contributed by atoms with E-state index in [4.69, 9.17) is 9.47 Å². The van der Waals surface area contributed by atoms with Crippen molar-refractivity contribution in [2.75, 3.05) is 19.5 Å². The zero-order valence-corrected chi connectivity index (χ0v) is 16.3. The number of amides is 1. The first kappa shape index (κ1) is 19.4. The molecule has 0 bridgehead atoms. The van der Waals surface area contributed by atoms with Crippen LogP contribution in [0.15, 0.2) is 66.1 Å². The monoisotopic (exact) mass is 393 g/mol. The number of anilines is 1. The van der Waals surface area contributed by atoms with Crippen LogP contribution in [0.3, 0.4) is 0 Å². The predicted octanol–water partition coefficient (Wildman–Crippen LogP) is 4.91. The number of benzene rings is 2. The van der Waals surface area contributed by atoms with Crippen molar-refractivity contribution in [3.05, 3.63) is 82.1 Å². The van der Waals surface area contributed by atoms with E-state index in [2.05, 4.69) is 5.32 Å². The zero-order valence-electron chi connectivity index (χ0n) is 15.5. The van der Waals surface area contributed by atoms with Gasteiger partial charge in [-0.1, -0.05) is 18.2 Å². The Hall–Kier alpha value is -3.38. The highest BCUT2D eigenvalue weighted by atomic mass is 32.1. The number of methoxy groups -OCH3 is 2. The number of allylic oxidation sites excluding steroid dienone is 1. The van der Waals surface area contributed by atoms with E-state index in [1.807, 2.05) is 17.5 Å². The van der Waals surface area contributed by atoms with Crippen LogP contribution in [0.5, 0.6) is 11.5 Å². The van der Waals surface area contributed by atoms with Crippen molar-refractivity contribution in [2.24, 2.45) is 0 Å². The summed E-state index contributed by atoms with van der Waals surface area (Å²) < 4.78 is 10.5. The Morgan fingerprint density at radius 3 is 2.36 bits per heavy atom. The number of thiophene rings is 1. The van der Waals surface area contributed by atoms with E-state index in [0.717, 1.165) is 5.56 Å². The fourth-order valence-electron chi connectivity index (χ4n) is 2.54. The molecule has 28 heavy (non-hydrogen) atoms. The van der Waals surface area contributed by atoms with E-state index < -0.39 is 0 Å². The van der Waals surface area contributed by atoms with Gasteiger partial charge >= 0.3 is 0 Å². The summed E-state index contributed by atoms with van der Waals surface area (Å²) in [5.41, 5.74) is 2.00. The molecule has 0 spiro atoms. The van der Waals surface area contributed by atoms with Crippen LogP contribution < -0.4 is 14.8 Å². The van der Waals surface area contributed by atoms with Gasteiger partial charge in [0.15, 0.2) is 17.3 Å². The SMILES string of the molecule is COc1ccc(/C=C/C(=O)c2ccc(NC(=O)c3cccs3)cc2)cc1OC. The molecular weight excluding hydrogens is 374 g/mol. The Balaban J connectivity index is 1.66. The van der Waals surface area contributed by atoms with Crippen molar-refractivity contribution in [2.45, 2.75) is 0 Å². The molecule has 2 aromatic carbocycles. The second-order valence-electron chi connectivity index (χ2n) is 5.82. The lowest BCUT2D eigenvalue weighted by molar-refractivity contribution is 0.102. The van der Waals surface area contributed by atoms with Gasteiger partial charge in [0.05, 0.1) is 19.1 Å². The first-order valence-corrected chi connectivity index (χ1v) is 9.38. The van der Waals surface area contributed by atoms with Crippen molar-refractivity contribution in [3.63, 3.8) is 0 Å². The molecule has 0 aliphatic heterocycles. The van der Waals surface area contributed by atoms with Crippen LogP contribution in [0.4, 0.5) is 5.69 Å². The maximum atomic E-state index is 12.4. The largest absolute Gasteiger partial charge is 0.493 e. The molecule has 1 amide bonds. The van der Waals surface area contributed by atoms with E-state index in [-0.39, 0.29) is 11.7 Å². The van der Waals surface area contributed by atoms with Crippen molar-refractivity contribution < 1.29 is 19.1 Å². The molecule has 5 nitrogen and oxygen atoms in total. The molecule has 6 heteroatoms. The van der Waals surface area contributed by atoms with Gasteiger partial charge in [-0.15, -0.1) is 11.3 Å². The highest BCUT2D eigenvalue weighted by Gasteiger charge is 2.08. The van der Waals surface area contributed by atoms with Crippen molar-refractivity contribution in [1.29, 1.82) is 0 Å². The van der Waals surface area contributed by atoms with Gasteiger partial charge in [0.25, 0.3) is 5.91 Å². The van der Waals surface area contributed by atoms with Crippen molar-refractivity contribution in [3.8, 4) is 11.5 Å². The molecule has 0 fully saturated rings. The molecule has 1 heterocycles. The van der Waals surface area contributed by atoms with Gasteiger partial charge in [-0.05, 0) is 59.5 Å². The van der Waals surface area contributed by atoms with Crippen LogP contribution >= 0.6 is 11.3 Å². The highest BCUT2D eigenvalue weighted by Crippen LogP contribution is 2.28. The first-order valence-electron chi connectivity index (χ1n) is 8.50. The van der Waals surface area contributed by atoms with Gasteiger partial charge in [-0.25, -0.2) is 0 Å². The third-order valence-electron chi connectivity index (χ3n) is 4.01. The van der Waals surface area contributed by atoms with Gasteiger partial charge in [-0.2, -0.15) is 0 Å². The topological polar surface area (TPSA) is 64.6 Å². The molecule has 1 N–H and O–H groups in total. The fourth-order valence-corrected chi connectivity index (χ4v) is 3.16. The summed E-state index contributed by atoms with van der Waals surface area (Å²) in [5, 5.41) is 4.66. The zero-order chi connectivity index (χ0) is 19.9. The van der Waals surface area contributed by atoms with Crippen LogP contribution in [0.25, 0.3) is 6.08 Å². The number of nitrogens with one attached hydrogen (secondary N) is 1. The van der Waals surface area contributed by atoms with Crippen molar-refractivity contribution >= 4 is 34.8 Å².